The van der Waals surface area contributed by atoms with Gasteiger partial charge in [0, 0.05) is 5.92 Å². The molecule has 7 heteroatoms. The number of hydrogen-bond acceptors (Lipinski definition) is 6. The molecular weight excluding hydrogens is 342 g/mol. The van der Waals surface area contributed by atoms with Crippen molar-refractivity contribution in [3.8, 4) is 5.75 Å². The molecule has 2 aromatic rings. The summed E-state index contributed by atoms with van der Waals surface area (Å²) >= 11 is 0. The van der Waals surface area contributed by atoms with Crippen LogP contribution in [0.5, 0.6) is 5.75 Å². The Balaban J connectivity index is 0.00000182. The summed E-state index contributed by atoms with van der Waals surface area (Å²) in [5, 5.41) is 7.48. The van der Waals surface area contributed by atoms with Gasteiger partial charge in [0.05, 0.1) is 13.7 Å². The zero-order valence-electron chi connectivity index (χ0n) is 14.4. The maximum atomic E-state index is 5.71. The molecule has 1 aromatic heterocycles. The Morgan fingerprint density at radius 2 is 2.12 bits per heavy atom. The third-order valence-electron chi connectivity index (χ3n) is 5.20. The van der Waals surface area contributed by atoms with Gasteiger partial charge in [-0.25, -0.2) is 0 Å². The Morgan fingerprint density at radius 1 is 1.28 bits per heavy atom. The minimum atomic E-state index is 0. The number of nitrogens with zero attached hydrogens (tertiary/aromatic N) is 2. The Kier molecular flexibility index (Phi) is 5.61. The molecule has 1 saturated carbocycles. The first kappa shape index (κ1) is 18.2. The van der Waals surface area contributed by atoms with E-state index in [2.05, 4.69) is 15.5 Å². The Hall–Kier alpha value is -1.63. The maximum absolute atomic E-state index is 5.71. The van der Waals surface area contributed by atoms with Gasteiger partial charge in [-0.05, 0) is 55.5 Å². The highest BCUT2D eigenvalue weighted by Gasteiger charge is 2.57. The fourth-order valence-corrected chi connectivity index (χ4v) is 3.66. The van der Waals surface area contributed by atoms with Gasteiger partial charge in [0.25, 0.3) is 0 Å². The molecule has 4 rings (SSSR count). The van der Waals surface area contributed by atoms with Gasteiger partial charge in [-0.3, -0.25) is 0 Å². The van der Waals surface area contributed by atoms with Crippen LogP contribution in [-0.2, 0) is 18.0 Å². The van der Waals surface area contributed by atoms with Crippen LogP contribution in [-0.4, -0.2) is 30.3 Å². The normalized spacial score (nSPS) is 20.9. The minimum Gasteiger partial charge on any atom is -0.497 e. The monoisotopic (exact) mass is 365 g/mol. The Bertz CT molecular complexity index is 700. The predicted molar refractivity (Wildman–Crippen MR) is 94.9 cm³/mol. The molecule has 0 bridgehead atoms. The third-order valence-corrected chi connectivity index (χ3v) is 5.20. The van der Waals surface area contributed by atoms with Gasteiger partial charge >= 0.3 is 0 Å². The van der Waals surface area contributed by atoms with Gasteiger partial charge in [-0.1, -0.05) is 17.3 Å². The van der Waals surface area contributed by atoms with Crippen LogP contribution in [0.4, 0.5) is 0 Å². The molecule has 25 heavy (non-hydrogen) atoms. The average molecular weight is 366 g/mol. The molecule has 0 radical (unpaired) electrons. The van der Waals surface area contributed by atoms with E-state index < -0.39 is 0 Å². The van der Waals surface area contributed by atoms with E-state index in [9.17, 15) is 0 Å². The number of hydrogen-bond donors (Lipinski definition) is 1. The maximum Gasteiger partial charge on any atom is 0.230 e. The molecule has 2 fully saturated rings. The highest BCUT2D eigenvalue weighted by Crippen LogP contribution is 2.63. The number of benzene rings is 1. The lowest BCUT2D eigenvalue weighted by molar-refractivity contribution is 0.0998. The number of piperidine rings is 1. The summed E-state index contributed by atoms with van der Waals surface area (Å²) in [5.74, 6) is 2.69. The van der Waals surface area contributed by atoms with Crippen molar-refractivity contribution < 1.29 is 14.0 Å². The summed E-state index contributed by atoms with van der Waals surface area (Å²) in [5.41, 5.74) is 1.48. The fraction of sp³-hybridized carbons (Fsp3) is 0.556. The van der Waals surface area contributed by atoms with E-state index in [-0.39, 0.29) is 12.4 Å². The molecule has 1 unspecified atom stereocenters. The van der Waals surface area contributed by atoms with Crippen LogP contribution in [0.25, 0.3) is 0 Å². The number of aromatic nitrogens is 2. The summed E-state index contributed by atoms with van der Waals surface area (Å²) in [4.78, 5) is 4.54. The van der Waals surface area contributed by atoms with E-state index in [4.69, 9.17) is 14.0 Å². The van der Waals surface area contributed by atoms with Crippen molar-refractivity contribution >= 4 is 12.4 Å². The molecular formula is C18H24ClN3O3. The van der Waals surface area contributed by atoms with E-state index in [1.807, 2.05) is 24.3 Å². The van der Waals surface area contributed by atoms with Crippen LogP contribution >= 0.6 is 12.4 Å². The zero-order valence-corrected chi connectivity index (χ0v) is 15.2. The highest BCUT2D eigenvalue weighted by molar-refractivity contribution is 5.85. The van der Waals surface area contributed by atoms with Gasteiger partial charge in [0.2, 0.25) is 5.89 Å². The second-order valence-corrected chi connectivity index (χ2v) is 6.76. The molecule has 1 spiro atoms. The van der Waals surface area contributed by atoms with Crippen molar-refractivity contribution in [2.45, 2.75) is 38.4 Å². The lowest BCUT2D eigenvalue weighted by Gasteiger charge is -2.22. The number of ether oxygens (including phenoxy) is 2. The molecule has 1 aliphatic heterocycles. The van der Waals surface area contributed by atoms with E-state index >= 15 is 0 Å². The van der Waals surface area contributed by atoms with Crippen LogP contribution in [0.3, 0.4) is 0 Å². The van der Waals surface area contributed by atoms with E-state index in [0.29, 0.717) is 30.4 Å². The third kappa shape index (κ3) is 3.97. The van der Waals surface area contributed by atoms with Crippen molar-refractivity contribution in [1.82, 2.24) is 15.5 Å². The number of nitrogens with one attached hydrogen (secondary N) is 1. The number of halogens is 1. The Morgan fingerprint density at radius 3 is 2.92 bits per heavy atom. The molecule has 2 aliphatic rings. The minimum absolute atomic E-state index is 0. The first-order valence-electron chi connectivity index (χ1n) is 8.53. The van der Waals surface area contributed by atoms with Gasteiger partial charge in [-0.2, -0.15) is 4.98 Å². The molecule has 1 atom stereocenters. The number of methoxy groups -OCH3 is 1. The molecule has 1 aliphatic carbocycles. The standard InChI is InChI=1S/C18H23N3O3.ClH/c1-22-14-4-2-3-13(9-14)11-23-12-16-20-17(24-21-16)15-10-18(15)5-7-19-8-6-18;/h2-4,9,15,19H,5-8,10-12H2,1H3;1H. The molecule has 1 aromatic carbocycles. The van der Waals surface area contributed by atoms with E-state index in [1.165, 1.54) is 19.3 Å². The van der Waals surface area contributed by atoms with Crippen LogP contribution in [0.2, 0.25) is 0 Å². The predicted octanol–water partition coefficient (Wildman–Crippen LogP) is 3.07. The summed E-state index contributed by atoms with van der Waals surface area (Å²) in [6, 6.07) is 7.85. The second kappa shape index (κ2) is 7.72. The van der Waals surface area contributed by atoms with Crippen LogP contribution in [0, 0.1) is 5.41 Å². The lowest BCUT2D eigenvalue weighted by Crippen LogP contribution is -2.29. The van der Waals surface area contributed by atoms with Crippen molar-refractivity contribution in [3.63, 3.8) is 0 Å². The van der Waals surface area contributed by atoms with Crippen LogP contribution < -0.4 is 10.1 Å². The largest absolute Gasteiger partial charge is 0.497 e. The molecule has 0 amide bonds. The van der Waals surface area contributed by atoms with Crippen molar-refractivity contribution in [1.29, 1.82) is 0 Å². The summed E-state index contributed by atoms with van der Waals surface area (Å²) in [6.45, 7) is 3.06. The smallest absolute Gasteiger partial charge is 0.230 e. The molecule has 2 heterocycles. The van der Waals surface area contributed by atoms with Crippen molar-refractivity contribution in [2.75, 3.05) is 20.2 Å². The highest BCUT2D eigenvalue weighted by atomic mass is 35.5. The molecule has 1 N–H and O–H groups in total. The number of rotatable bonds is 6. The SMILES string of the molecule is COc1cccc(COCc2noc(C3CC34CCNCC4)n2)c1.Cl. The van der Waals surface area contributed by atoms with Crippen LogP contribution in [0.15, 0.2) is 28.8 Å². The summed E-state index contributed by atoms with van der Waals surface area (Å²) < 4.78 is 16.4. The van der Waals surface area contributed by atoms with Gasteiger partial charge in [0.1, 0.15) is 12.4 Å². The van der Waals surface area contributed by atoms with Gasteiger partial charge in [-0.15, -0.1) is 12.4 Å². The fourth-order valence-electron chi connectivity index (χ4n) is 3.66. The quantitative estimate of drug-likeness (QED) is 0.848. The van der Waals surface area contributed by atoms with Gasteiger partial charge < -0.3 is 19.3 Å². The van der Waals surface area contributed by atoms with Crippen molar-refractivity contribution in [3.05, 3.63) is 41.5 Å². The Labute approximate surface area is 153 Å². The summed E-state index contributed by atoms with van der Waals surface area (Å²) in [6.07, 6.45) is 3.60. The molecule has 136 valence electrons. The van der Waals surface area contributed by atoms with E-state index in [1.54, 1.807) is 7.11 Å². The lowest BCUT2D eigenvalue weighted by atomic mass is 9.92. The summed E-state index contributed by atoms with van der Waals surface area (Å²) in [7, 11) is 1.66. The first-order valence-corrected chi connectivity index (χ1v) is 8.53. The second-order valence-electron chi connectivity index (χ2n) is 6.76. The first-order chi connectivity index (χ1) is 11.8. The topological polar surface area (TPSA) is 69.4 Å². The molecule has 6 nitrogen and oxygen atoms in total. The van der Waals surface area contributed by atoms with Gasteiger partial charge in [0.15, 0.2) is 5.82 Å². The molecule has 1 saturated heterocycles. The zero-order chi connectivity index (χ0) is 16.4. The van der Waals surface area contributed by atoms with Crippen molar-refractivity contribution in [2.24, 2.45) is 5.41 Å². The average Bonchev–Trinajstić information content (AvgIpc) is 3.10. The van der Waals surface area contributed by atoms with E-state index in [0.717, 1.165) is 30.3 Å². The van der Waals surface area contributed by atoms with Crippen LogP contribution in [0.1, 0.15) is 42.5 Å².